The number of carbonyl (C=O) groups excluding carboxylic acids is 1. The van der Waals surface area contributed by atoms with Gasteiger partial charge in [0, 0.05) is 30.5 Å². The van der Waals surface area contributed by atoms with Gasteiger partial charge in [0.2, 0.25) is 5.13 Å². The van der Waals surface area contributed by atoms with Crippen molar-refractivity contribution in [1.82, 2.24) is 14.8 Å². The third-order valence-corrected chi connectivity index (χ3v) is 5.22. The van der Waals surface area contributed by atoms with Gasteiger partial charge >= 0.3 is 0 Å². The van der Waals surface area contributed by atoms with Crippen LogP contribution >= 0.6 is 23.1 Å². The summed E-state index contributed by atoms with van der Waals surface area (Å²) in [6, 6.07) is 1.94. The Bertz CT molecular complexity index is 660. The van der Waals surface area contributed by atoms with Crippen LogP contribution in [0.25, 0.3) is 0 Å². The number of hydrogen-bond donors (Lipinski definition) is 1. The average molecular weight is 322 g/mol. The van der Waals surface area contributed by atoms with Gasteiger partial charge in [0.15, 0.2) is 10.1 Å². The standard InChI is InChI=1S/C14H18N4OS2/c1-5-6-15-13-16-17-14(21-13)20-8-12(19)11-7-9(2)18(4)10(11)3/h5,7H,1,6,8H2,2-4H3,(H,15,16). The van der Waals surface area contributed by atoms with Gasteiger partial charge < -0.3 is 9.88 Å². The lowest BCUT2D eigenvalue weighted by Gasteiger charge is -2.01. The Kier molecular flexibility index (Phi) is 5.19. The number of hydrogen-bond acceptors (Lipinski definition) is 6. The fraction of sp³-hybridized carbons (Fsp3) is 0.357. The monoisotopic (exact) mass is 322 g/mol. The molecule has 112 valence electrons. The molecule has 7 heteroatoms. The predicted molar refractivity (Wildman–Crippen MR) is 88.5 cm³/mol. The maximum absolute atomic E-state index is 12.3. The topological polar surface area (TPSA) is 59.8 Å². The summed E-state index contributed by atoms with van der Waals surface area (Å²) in [5.74, 6) is 0.498. The van der Waals surface area contributed by atoms with Crippen LogP contribution < -0.4 is 5.32 Å². The molecule has 0 aliphatic carbocycles. The van der Waals surface area contributed by atoms with Crippen molar-refractivity contribution in [3.05, 3.63) is 35.7 Å². The minimum absolute atomic E-state index is 0.122. The minimum Gasteiger partial charge on any atom is -0.357 e. The summed E-state index contributed by atoms with van der Waals surface area (Å²) in [5, 5.41) is 11.9. The van der Waals surface area contributed by atoms with Gasteiger partial charge in [-0.15, -0.1) is 16.8 Å². The molecule has 0 aromatic carbocycles. The molecule has 0 bridgehead atoms. The maximum atomic E-state index is 12.3. The number of thioether (sulfide) groups is 1. The number of rotatable bonds is 7. The normalized spacial score (nSPS) is 10.6. The van der Waals surface area contributed by atoms with Gasteiger partial charge in [-0.25, -0.2) is 0 Å². The molecule has 0 spiro atoms. The molecule has 0 saturated carbocycles. The molecule has 21 heavy (non-hydrogen) atoms. The first-order chi connectivity index (χ1) is 10.0. The lowest BCUT2D eigenvalue weighted by atomic mass is 10.2. The number of nitrogens with one attached hydrogen (secondary N) is 1. The van der Waals surface area contributed by atoms with E-state index < -0.39 is 0 Å². The lowest BCUT2D eigenvalue weighted by molar-refractivity contribution is 0.102. The molecule has 1 N–H and O–H groups in total. The highest BCUT2D eigenvalue weighted by atomic mass is 32.2. The molecule has 0 amide bonds. The van der Waals surface area contributed by atoms with E-state index in [4.69, 9.17) is 0 Å². The Labute approximate surface area is 132 Å². The zero-order valence-corrected chi connectivity index (χ0v) is 14.0. The van der Waals surface area contributed by atoms with Crippen molar-refractivity contribution in [3.8, 4) is 0 Å². The molecule has 0 unspecified atom stereocenters. The molecule has 0 saturated heterocycles. The fourth-order valence-electron chi connectivity index (χ4n) is 1.84. The number of nitrogens with zero attached hydrogens (tertiary/aromatic N) is 3. The molecule has 2 aromatic heterocycles. The number of ketones is 1. The largest absolute Gasteiger partial charge is 0.357 e. The summed E-state index contributed by atoms with van der Waals surface area (Å²) in [6.45, 7) is 8.25. The number of carbonyl (C=O) groups is 1. The van der Waals surface area contributed by atoms with Crippen molar-refractivity contribution in [3.63, 3.8) is 0 Å². The summed E-state index contributed by atoms with van der Waals surface area (Å²) in [7, 11) is 1.97. The molecule has 5 nitrogen and oxygen atoms in total. The third kappa shape index (κ3) is 3.74. The van der Waals surface area contributed by atoms with Gasteiger partial charge in [0.05, 0.1) is 5.75 Å². The Morgan fingerprint density at radius 2 is 2.29 bits per heavy atom. The molecule has 2 aromatic rings. The lowest BCUT2D eigenvalue weighted by Crippen LogP contribution is -2.04. The van der Waals surface area contributed by atoms with Crippen LogP contribution in [-0.2, 0) is 7.05 Å². The van der Waals surface area contributed by atoms with Crippen molar-refractivity contribution in [2.45, 2.75) is 18.2 Å². The van der Waals surface area contributed by atoms with E-state index in [9.17, 15) is 4.79 Å². The zero-order chi connectivity index (χ0) is 15.4. The molecular weight excluding hydrogens is 304 g/mol. The highest BCUT2D eigenvalue weighted by molar-refractivity contribution is 8.01. The summed E-state index contributed by atoms with van der Waals surface area (Å²) in [6.07, 6.45) is 1.76. The van der Waals surface area contributed by atoms with Gasteiger partial charge in [-0.05, 0) is 19.9 Å². The molecule has 0 fully saturated rings. The van der Waals surface area contributed by atoms with E-state index in [0.717, 1.165) is 26.4 Å². The summed E-state index contributed by atoms with van der Waals surface area (Å²) in [4.78, 5) is 12.3. The van der Waals surface area contributed by atoms with Gasteiger partial charge in [0.25, 0.3) is 0 Å². The molecular formula is C14H18N4OS2. The first-order valence-corrected chi connectivity index (χ1v) is 8.30. The van der Waals surface area contributed by atoms with Crippen molar-refractivity contribution >= 4 is 34.0 Å². The quantitative estimate of drug-likeness (QED) is 0.482. The first-order valence-electron chi connectivity index (χ1n) is 6.50. The van der Waals surface area contributed by atoms with E-state index >= 15 is 0 Å². The van der Waals surface area contributed by atoms with Crippen LogP contribution in [0.4, 0.5) is 5.13 Å². The van der Waals surface area contributed by atoms with E-state index in [0.29, 0.717) is 12.3 Å². The van der Waals surface area contributed by atoms with E-state index in [1.54, 1.807) is 6.08 Å². The highest BCUT2D eigenvalue weighted by Gasteiger charge is 2.15. The molecule has 0 atom stereocenters. The van der Waals surface area contributed by atoms with Gasteiger partial charge in [-0.2, -0.15) is 0 Å². The van der Waals surface area contributed by atoms with E-state index in [1.165, 1.54) is 23.1 Å². The molecule has 2 heterocycles. The Balaban J connectivity index is 1.96. The van der Waals surface area contributed by atoms with Crippen LogP contribution in [0.15, 0.2) is 23.1 Å². The van der Waals surface area contributed by atoms with Gasteiger partial charge in [-0.3, -0.25) is 4.79 Å². The van der Waals surface area contributed by atoms with Crippen LogP contribution in [0.1, 0.15) is 21.7 Å². The van der Waals surface area contributed by atoms with Crippen LogP contribution in [0.2, 0.25) is 0 Å². The van der Waals surface area contributed by atoms with E-state index in [1.807, 2.05) is 31.5 Å². The Hall–Kier alpha value is -1.60. The molecule has 2 rings (SSSR count). The van der Waals surface area contributed by atoms with Crippen molar-refractivity contribution in [2.75, 3.05) is 17.6 Å². The van der Waals surface area contributed by atoms with Gasteiger partial charge in [0.1, 0.15) is 0 Å². The SMILES string of the molecule is C=CCNc1nnc(SCC(=O)c2cc(C)n(C)c2C)s1. The number of aromatic nitrogens is 3. The van der Waals surface area contributed by atoms with Crippen molar-refractivity contribution < 1.29 is 4.79 Å². The first kappa shape index (κ1) is 15.8. The number of aryl methyl sites for hydroxylation is 1. The Morgan fingerprint density at radius 3 is 2.90 bits per heavy atom. The number of anilines is 1. The highest BCUT2D eigenvalue weighted by Crippen LogP contribution is 2.26. The maximum Gasteiger partial charge on any atom is 0.206 e. The minimum atomic E-state index is 0.122. The molecule has 0 radical (unpaired) electrons. The van der Waals surface area contributed by atoms with Crippen molar-refractivity contribution in [1.29, 1.82) is 0 Å². The van der Waals surface area contributed by atoms with Crippen LogP contribution in [-0.4, -0.2) is 32.8 Å². The molecule has 0 aliphatic rings. The molecule has 0 aliphatic heterocycles. The van der Waals surface area contributed by atoms with E-state index in [2.05, 4.69) is 22.1 Å². The summed E-state index contributed by atoms with van der Waals surface area (Å²) < 4.78 is 2.82. The van der Waals surface area contributed by atoms with Crippen LogP contribution in [0.5, 0.6) is 0 Å². The van der Waals surface area contributed by atoms with Crippen LogP contribution in [0, 0.1) is 13.8 Å². The van der Waals surface area contributed by atoms with Gasteiger partial charge in [-0.1, -0.05) is 29.2 Å². The predicted octanol–water partition coefficient (Wildman–Crippen LogP) is 3.07. The smallest absolute Gasteiger partial charge is 0.206 e. The Morgan fingerprint density at radius 1 is 1.52 bits per heavy atom. The second-order valence-electron chi connectivity index (χ2n) is 4.60. The zero-order valence-electron chi connectivity index (χ0n) is 12.3. The fourth-order valence-corrected chi connectivity index (χ4v) is 3.48. The third-order valence-electron chi connectivity index (χ3n) is 3.21. The summed E-state index contributed by atoms with van der Waals surface area (Å²) in [5.41, 5.74) is 2.88. The number of Topliss-reactive ketones (excluding diaryl/α,β-unsaturated/α-hetero) is 1. The van der Waals surface area contributed by atoms with Crippen LogP contribution in [0.3, 0.4) is 0 Å². The second kappa shape index (κ2) is 6.91. The average Bonchev–Trinajstić information content (AvgIpc) is 3.03. The van der Waals surface area contributed by atoms with Crippen molar-refractivity contribution in [2.24, 2.45) is 7.05 Å². The summed E-state index contributed by atoms with van der Waals surface area (Å²) >= 11 is 2.87. The second-order valence-corrected chi connectivity index (χ2v) is 6.80. The van der Waals surface area contributed by atoms with E-state index in [-0.39, 0.29) is 5.78 Å².